The summed E-state index contributed by atoms with van der Waals surface area (Å²) in [5, 5.41) is 3.30. The monoisotopic (exact) mass is 299 g/mol. The third kappa shape index (κ3) is 2.53. The van der Waals surface area contributed by atoms with Crippen LogP contribution in [-0.4, -0.2) is 44.9 Å². The van der Waals surface area contributed by atoms with E-state index < -0.39 is 16.0 Å². The van der Waals surface area contributed by atoms with E-state index in [9.17, 15) is 12.8 Å². The molecular formula is C13H18FN3O2S. The fourth-order valence-corrected chi connectivity index (χ4v) is 4.46. The minimum atomic E-state index is -3.53. The van der Waals surface area contributed by atoms with E-state index in [2.05, 4.69) is 5.32 Å². The van der Waals surface area contributed by atoms with Crippen LogP contribution >= 0.6 is 0 Å². The molecule has 0 bridgehead atoms. The van der Waals surface area contributed by atoms with E-state index in [1.165, 1.54) is 26.8 Å². The van der Waals surface area contributed by atoms with Crippen molar-refractivity contribution in [3.63, 3.8) is 0 Å². The van der Waals surface area contributed by atoms with Crippen LogP contribution in [0.3, 0.4) is 0 Å². The molecule has 0 aromatic heterocycles. The lowest BCUT2D eigenvalue weighted by Crippen LogP contribution is -2.40. The molecule has 2 saturated heterocycles. The van der Waals surface area contributed by atoms with Gasteiger partial charge < -0.3 is 5.32 Å². The Morgan fingerprint density at radius 3 is 2.90 bits per heavy atom. The maximum atomic E-state index is 13.3. The van der Waals surface area contributed by atoms with Crippen LogP contribution in [0.25, 0.3) is 0 Å². The van der Waals surface area contributed by atoms with Gasteiger partial charge in [-0.3, -0.25) is 4.31 Å². The van der Waals surface area contributed by atoms with E-state index in [1.54, 1.807) is 6.07 Å². The molecular weight excluding hydrogens is 281 g/mol. The van der Waals surface area contributed by atoms with Gasteiger partial charge in [-0.1, -0.05) is 6.07 Å². The maximum Gasteiger partial charge on any atom is 0.304 e. The van der Waals surface area contributed by atoms with E-state index in [0.29, 0.717) is 25.3 Å². The Labute approximate surface area is 118 Å². The van der Waals surface area contributed by atoms with Crippen LogP contribution < -0.4 is 9.62 Å². The third-order valence-corrected chi connectivity index (χ3v) is 5.77. The topological polar surface area (TPSA) is 52.7 Å². The van der Waals surface area contributed by atoms with Crippen LogP contribution in [-0.2, 0) is 10.2 Å². The van der Waals surface area contributed by atoms with E-state index in [-0.39, 0.29) is 6.04 Å². The van der Waals surface area contributed by atoms with E-state index >= 15 is 0 Å². The van der Waals surface area contributed by atoms with E-state index in [1.807, 2.05) is 0 Å². The van der Waals surface area contributed by atoms with Gasteiger partial charge in [0.05, 0.1) is 5.69 Å². The van der Waals surface area contributed by atoms with Gasteiger partial charge >= 0.3 is 10.2 Å². The zero-order chi connectivity index (χ0) is 14.2. The summed E-state index contributed by atoms with van der Waals surface area (Å²) in [6.07, 6.45) is 2.10. The lowest BCUT2D eigenvalue weighted by Gasteiger charge is -2.22. The first kappa shape index (κ1) is 13.8. The standard InChI is InChI=1S/C13H18FN3O2S/c14-11-3-1-5-13(9-11)17-8-7-16(20(17,18)19)10-12-4-2-6-15-12/h1,3,5,9,12,15H,2,4,6-8,10H2. The highest BCUT2D eigenvalue weighted by molar-refractivity contribution is 7.90. The highest BCUT2D eigenvalue weighted by atomic mass is 32.2. The second-order valence-corrected chi connectivity index (χ2v) is 7.06. The molecule has 20 heavy (non-hydrogen) atoms. The van der Waals surface area contributed by atoms with Gasteiger partial charge in [0.25, 0.3) is 0 Å². The van der Waals surface area contributed by atoms with Crippen LogP contribution in [0.15, 0.2) is 24.3 Å². The first-order valence-electron chi connectivity index (χ1n) is 6.84. The lowest BCUT2D eigenvalue weighted by atomic mass is 10.2. The molecule has 1 unspecified atom stereocenters. The van der Waals surface area contributed by atoms with Crippen molar-refractivity contribution in [1.29, 1.82) is 0 Å². The van der Waals surface area contributed by atoms with Crippen LogP contribution in [0.1, 0.15) is 12.8 Å². The second-order valence-electron chi connectivity index (χ2n) is 5.21. The molecule has 3 rings (SSSR count). The summed E-state index contributed by atoms with van der Waals surface area (Å²) >= 11 is 0. The van der Waals surface area contributed by atoms with Crippen LogP contribution in [0.4, 0.5) is 10.1 Å². The molecule has 2 aliphatic rings. The predicted octanol–water partition coefficient (Wildman–Crippen LogP) is 0.944. The summed E-state index contributed by atoms with van der Waals surface area (Å²) in [5.74, 6) is -0.423. The van der Waals surface area contributed by atoms with Gasteiger partial charge in [-0.05, 0) is 37.6 Å². The van der Waals surface area contributed by atoms with Crippen molar-refractivity contribution in [2.75, 3.05) is 30.5 Å². The fourth-order valence-electron chi connectivity index (χ4n) is 2.81. The zero-order valence-electron chi connectivity index (χ0n) is 11.1. The van der Waals surface area contributed by atoms with E-state index in [0.717, 1.165) is 19.4 Å². The highest BCUT2D eigenvalue weighted by Gasteiger charge is 2.38. The molecule has 5 nitrogen and oxygen atoms in total. The Balaban J connectivity index is 1.78. The van der Waals surface area contributed by atoms with Gasteiger partial charge in [-0.25, -0.2) is 4.39 Å². The Morgan fingerprint density at radius 1 is 1.35 bits per heavy atom. The molecule has 0 amide bonds. The van der Waals surface area contributed by atoms with Crippen LogP contribution in [0.5, 0.6) is 0 Å². The minimum absolute atomic E-state index is 0.234. The lowest BCUT2D eigenvalue weighted by molar-refractivity contribution is 0.398. The number of benzene rings is 1. The summed E-state index contributed by atoms with van der Waals surface area (Å²) in [4.78, 5) is 0. The average molecular weight is 299 g/mol. The van der Waals surface area contributed by atoms with Gasteiger partial charge in [0.15, 0.2) is 0 Å². The van der Waals surface area contributed by atoms with Crippen molar-refractivity contribution in [1.82, 2.24) is 9.62 Å². The zero-order valence-corrected chi connectivity index (χ0v) is 11.9. The smallest absolute Gasteiger partial charge is 0.304 e. The summed E-state index contributed by atoms with van der Waals surface area (Å²) < 4.78 is 41.0. The van der Waals surface area contributed by atoms with Gasteiger partial charge in [-0.15, -0.1) is 0 Å². The molecule has 7 heteroatoms. The van der Waals surface area contributed by atoms with E-state index in [4.69, 9.17) is 0 Å². The van der Waals surface area contributed by atoms with Gasteiger partial charge in [-0.2, -0.15) is 12.7 Å². The van der Waals surface area contributed by atoms with Crippen LogP contribution in [0.2, 0.25) is 0 Å². The van der Waals surface area contributed by atoms with Crippen molar-refractivity contribution in [3.05, 3.63) is 30.1 Å². The molecule has 0 radical (unpaired) electrons. The molecule has 0 spiro atoms. The molecule has 2 fully saturated rings. The van der Waals surface area contributed by atoms with Gasteiger partial charge in [0, 0.05) is 25.7 Å². The number of hydrogen-bond acceptors (Lipinski definition) is 3. The number of nitrogens with zero attached hydrogens (tertiary/aromatic N) is 2. The van der Waals surface area contributed by atoms with Gasteiger partial charge in [0.1, 0.15) is 5.82 Å². The molecule has 2 aliphatic heterocycles. The number of hydrogen-bond donors (Lipinski definition) is 1. The summed E-state index contributed by atoms with van der Waals surface area (Å²) in [7, 11) is -3.53. The number of nitrogens with one attached hydrogen (secondary N) is 1. The third-order valence-electron chi connectivity index (χ3n) is 3.84. The fraction of sp³-hybridized carbons (Fsp3) is 0.538. The molecule has 1 N–H and O–H groups in total. The molecule has 1 aromatic carbocycles. The van der Waals surface area contributed by atoms with Crippen LogP contribution in [0, 0.1) is 5.82 Å². The maximum absolute atomic E-state index is 13.3. The van der Waals surface area contributed by atoms with Crippen molar-refractivity contribution in [2.24, 2.45) is 0 Å². The quantitative estimate of drug-likeness (QED) is 0.904. The second kappa shape index (κ2) is 5.31. The Hall–Kier alpha value is -1.18. The van der Waals surface area contributed by atoms with Crippen molar-refractivity contribution in [3.8, 4) is 0 Å². The Bertz CT molecular complexity index is 587. The molecule has 0 aliphatic carbocycles. The normalized spacial score (nSPS) is 26.2. The molecule has 2 heterocycles. The Morgan fingerprint density at radius 2 is 2.20 bits per heavy atom. The summed E-state index contributed by atoms with van der Waals surface area (Å²) in [6, 6.07) is 5.96. The van der Waals surface area contributed by atoms with Crippen molar-refractivity contribution < 1.29 is 12.8 Å². The number of halogens is 1. The summed E-state index contributed by atoms with van der Waals surface area (Å²) in [6.45, 7) is 2.27. The average Bonchev–Trinajstić information content (AvgIpc) is 2.99. The molecule has 110 valence electrons. The largest absolute Gasteiger partial charge is 0.313 e. The summed E-state index contributed by atoms with van der Waals surface area (Å²) in [5.41, 5.74) is 0.395. The molecule has 1 aromatic rings. The van der Waals surface area contributed by atoms with Crippen molar-refractivity contribution in [2.45, 2.75) is 18.9 Å². The molecule has 0 saturated carbocycles. The van der Waals surface area contributed by atoms with Crippen molar-refractivity contribution >= 4 is 15.9 Å². The predicted molar refractivity (Wildman–Crippen MR) is 75.3 cm³/mol. The van der Waals surface area contributed by atoms with Gasteiger partial charge in [0.2, 0.25) is 0 Å². The number of anilines is 1. The number of rotatable bonds is 3. The minimum Gasteiger partial charge on any atom is -0.313 e. The highest BCUT2D eigenvalue weighted by Crippen LogP contribution is 2.26. The first-order chi connectivity index (χ1) is 9.57. The Kier molecular flexibility index (Phi) is 3.66. The molecule has 1 atom stereocenters. The SMILES string of the molecule is O=S1(=O)N(CC2CCCN2)CCN1c1cccc(F)c1. The first-order valence-corrected chi connectivity index (χ1v) is 8.24.